The van der Waals surface area contributed by atoms with Gasteiger partial charge in [0, 0.05) is 18.0 Å². The van der Waals surface area contributed by atoms with E-state index in [4.69, 9.17) is 4.52 Å². The number of amides is 1. The number of hydrogen-bond acceptors (Lipinski definition) is 4. The van der Waals surface area contributed by atoms with Crippen LogP contribution in [0.3, 0.4) is 0 Å². The van der Waals surface area contributed by atoms with Gasteiger partial charge in [-0.1, -0.05) is 31.8 Å². The lowest BCUT2D eigenvalue weighted by atomic mass is 9.97. The molecule has 0 radical (unpaired) electrons. The molecule has 1 aromatic carbocycles. The van der Waals surface area contributed by atoms with E-state index < -0.39 is 0 Å². The normalized spacial score (nSPS) is 18.3. The second-order valence-electron chi connectivity index (χ2n) is 6.90. The molecule has 140 valence electrons. The Hall–Kier alpha value is -2.24. The fourth-order valence-electron chi connectivity index (χ4n) is 3.56. The van der Waals surface area contributed by atoms with Crippen LogP contribution in [0.25, 0.3) is 11.4 Å². The number of rotatable bonds is 7. The van der Waals surface area contributed by atoms with Gasteiger partial charge in [0.1, 0.15) is 11.9 Å². The number of hydrogen-bond donors (Lipinski definition) is 0. The van der Waals surface area contributed by atoms with Crippen molar-refractivity contribution >= 4 is 5.91 Å². The van der Waals surface area contributed by atoms with Crippen molar-refractivity contribution in [3.8, 4) is 11.4 Å². The highest BCUT2D eigenvalue weighted by atomic mass is 19.1. The number of likely N-dealkylation sites (tertiary alicyclic amines) is 1. The summed E-state index contributed by atoms with van der Waals surface area (Å²) >= 11 is 0. The van der Waals surface area contributed by atoms with Gasteiger partial charge in [-0.05, 0) is 49.9 Å². The predicted molar refractivity (Wildman–Crippen MR) is 96.7 cm³/mol. The number of benzene rings is 1. The van der Waals surface area contributed by atoms with Crippen LogP contribution < -0.4 is 0 Å². The van der Waals surface area contributed by atoms with Crippen molar-refractivity contribution < 1.29 is 13.7 Å². The Morgan fingerprint density at radius 2 is 2.12 bits per heavy atom. The van der Waals surface area contributed by atoms with E-state index in [0.717, 1.165) is 45.1 Å². The van der Waals surface area contributed by atoms with Gasteiger partial charge >= 0.3 is 0 Å². The molecule has 1 amide bonds. The number of halogens is 1. The molecule has 0 bridgehead atoms. The molecule has 3 rings (SSSR count). The third-order valence-electron chi connectivity index (χ3n) is 5.11. The van der Waals surface area contributed by atoms with Gasteiger partial charge in [-0.2, -0.15) is 4.98 Å². The van der Waals surface area contributed by atoms with Gasteiger partial charge in [0.2, 0.25) is 17.6 Å². The van der Waals surface area contributed by atoms with Crippen LogP contribution in [0.5, 0.6) is 0 Å². The SMILES string of the molecule is CCCC[C@H](CC)C(=O)N1CCC[C@H]1c1nc(-c2ccc(F)cc2)no1. The Morgan fingerprint density at radius 3 is 2.81 bits per heavy atom. The molecule has 5 nitrogen and oxygen atoms in total. The number of unbranched alkanes of at least 4 members (excludes halogenated alkanes) is 1. The van der Waals surface area contributed by atoms with Gasteiger partial charge in [-0.3, -0.25) is 4.79 Å². The maximum atomic E-state index is 13.1. The van der Waals surface area contributed by atoms with E-state index in [1.54, 1.807) is 12.1 Å². The number of nitrogens with zero attached hydrogens (tertiary/aromatic N) is 3. The molecule has 0 N–H and O–H groups in total. The predicted octanol–water partition coefficient (Wildman–Crippen LogP) is 4.76. The topological polar surface area (TPSA) is 59.2 Å². The molecule has 1 fully saturated rings. The smallest absolute Gasteiger partial charge is 0.249 e. The van der Waals surface area contributed by atoms with Crippen LogP contribution in [0.15, 0.2) is 28.8 Å². The van der Waals surface area contributed by atoms with Gasteiger partial charge in [-0.25, -0.2) is 4.39 Å². The zero-order chi connectivity index (χ0) is 18.5. The van der Waals surface area contributed by atoms with Gasteiger partial charge in [0.05, 0.1) is 0 Å². The van der Waals surface area contributed by atoms with E-state index >= 15 is 0 Å². The standard InChI is InChI=1S/C20H26FN3O2/c1-3-5-7-14(4-2)20(25)24-13-6-8-17(24)19-22-18(23-26-19)15-9-11-16(21)12-10-15/h9-12,14,17H,3-8,13H2,1-2H3/t14-,17-/m0/s1. The molecule has 1 aliphatic heterocycles. The second kappa shape index (κ2) is 8.43. The summed E-state index contributed by atoms with van der Waals surface area (Å²) in [6, 6.07) is 5.84. The molecule has 1 saturated heterocycles. The van der Waals surface area contributed by atoms with Gasteiger partial charge in [-0.15, -0.1) is 0 Å². The minimum atomic E-state index is -0.303. The first-order chi connectivity index (χ1) is 12.6. The third-order valence-corrected chi connectivity index (χ3v) is 5.11. The first kappa shape index (κ1) is 18.5. The molecule has 0 unspecified atom stereocenters. The van der Waals surface area contributed by atoms with Crippen LogP contribution >= 0.6 is 0 Å². The Morgan fingerprint density at radius 1 is 1.35 bits per heavy atom. The fraction of sp³-hybridized carbons (Fsp3) is 0.550. The molecule has 1 aliphatic rings. The molecule has 0 aliphatic carbocycles. The zero-order valence-electron chi connectivity index (χ0n) is 15.4. The number of aromatic nitrogens is 2. The quantitative estimate of drug-likeness (QED) is 0.715. The lowest BCUT2D eigenvalue weighted by molar-refractivity contribution is -0.137. The van der Waals surface area contributed by atoms with Crippen molar-refractivity contribution in [2.45, 2.75) is 58.4 Å². The molecule has 1 aromatic heterocycles. The minimum Gasteiger partial charge on any atom is -0.337 e. The minimum absolute atomic E-state index is 0.0649. The Balaban J connectivity index is 1.76. The monoisotopic (exact) mass is 359 g/mol. The van der Waals surface area contributed by atoms with Crippen molar-refractivity contribution in [1.29, 1.82) is 0 Å². The molecule has 2 aromatic rings. The molecule has 26 heavy (non-hydrogen) atoms. The van der Waals surface area contributed by atoms with Gasteiger partial charge in [0.15, 0.2) is 0 Å². The number of carbonyl (C=O) groups is 1. The van der Waals surface area contributed by atoms with Crippen LogP contribution in [-0.2, 0) is 4.79 Å². The maximum absolute atomic E-state index is 13.1. The number of carbonyl (C=O) groups excluding carboxylic acids is 1. The first-order valence-electron chi connectivity index (χ1n) is 9.54. The van der Waals surface area contributed by atoms with E-state index in [1.807, 2.05) is 4.90 Å². The van der Waals surface area contributed by atoms with Crippen molar-refractivity contribution in [1.82, 2.24) is 15.0 Å². The summed E-state index contributed by atoms with van der Waals surface area (Å²) in [5.41, 5.74) is 0.701. The van der Waals surface area contributed by atoms with Crippen molar-refractivity contribution in [3.63, 3.8) is 0 Å². The Labute approximate surface area is 153 Å². The largest absolute Gasteiger partial charge is 0.337 e. The summed E-state index contributed by atoms with van der Waals surface area (Å²) in [6.07, 6.45) is 5.72. The molecular formula is C20H26FN3O2. The molecule has 0 saturated carbocycles. The molecular weight excluding hydrogens is 333 g/mol. The average Bonchev–Trinajstić information content (AvgIpc) is 3.32. The summed E-state index contributed by atoms with van der Waals surface area (Å²) in [7, 11) is 0. The van der Waals surface area contributed by atoms with E-state index in [1.165, 1.54) is 12.1 Å². The molecule has 2 heterocycles. The lowest BCUT2D eigenvalue weighted by Gasteiger charge is -2.26. The second-order valence-corrected chi connectivity index (χ2v) is 6.90. The van der Waals surface area contributed by atoms with Crippen molar-refractivity contribution in [2.24, 2.45) is 5.92 Å². The Kier molecular flexibility index (Phi) is 6.01. The summed E-state index contributed by atoms with van der Waals surface area (Å²) in [5.74, 6) is 0.862. The summed E-state index contributed by atoms with van der Waals surface area (Å²) in [4.78, 5) is 19.4. The molecule has 2 atom stereocenters. The third kappa shape index (κ3) is 3.94. The van der Waals surface area contributed by atoms with E-state index in [2.05, 4.69) is 24.0 Å². The van der Waals surface area contributed by atoms with Crippen LogP contribution in [0.2, 0.25) is 0 Å². The lowest BCUT2D eigenvalue weighted by Crippen LogP contribution is -2.35. The first-order valence-corrected chi connectivity index (χ1v) is 9.54. The van der Waals surface area contributed by atoms with Crippen LogP contribution in [0, 0.1) is 11.7 Å². The average molecular weight is 359 g/mol. The summed E-state index contributed by atoms with van der Waals surface area (Å²) in [6.45, 7) is 4.95. The molecule has 6 heteroatoms. The Bertz CT molecular complexity index is 729. The van der Waals surface area contributed by atoms with Gasteiger partial charge < -0.3 is 9.42 Å². The fourth-order valence-corrected chi connectivity index (χ4v) is 3.56. The van der Waals surface area contributed by atoms with Crippen LogP contribution in [0.4, 0.5) is 4.39 Å². The highest BCUT2D eigenvalue weighted by Crippen LogP contribution is 2.34. The summed E-state index contributed by atoms with van der Waals surface area (Å²) < 4.78 is 18.5. The van der Waals surface area contributed by atoms with Gasteiger partial charge in [0.25, 0.3) is 0 Å². The van der Waals surface area contributed by atoms with E-state index in [-0.39, 0.29) is 23.7 Å². The van der Waals surface area contributed by atoms with E-state index in [9.17, 15) is 9.18 Å². The van der Waals surface area contributed by atoms with Crippen molar-refractivity contribution in [2.75, 3.05) is 6.54 Å². The summed E-state index contributed by atoms with van der Waals surface area (Å²) in [5, 5.41) is 4.02. The highest BCUT2D eigenvalue weighted by Gasteiger charge is 2.36. The maximum Gasteiger partial charge on any atom is 0.249 e. The van der Waals surface area contributed by atoms with Crippen LogP contribution in [-0.4, -0.2) is 27.5 Å². The highest BCUT2D eigenvalue weighted by molar-refractivity contribution is 5.79. The zero-order valence-corrected chi connectivity index (χ0v) is 15.4. The van der Waals surface area contributed by atoms with Crippen LogP contribution in [0.1, 0.15) is 64.3 Å². The van der Waals surface area contributed by atoms with E-state index in [0.29, 0.717) is 17.3 Å². The molecule has 0 spiro atoms. The van der Waals surface area contributed by atoms with Crippen molar-refractivity contribution in [3.05, 3.63) is 36.0 Å².